The minimum Gasteiger partial charge on any atom is -0.338 e. The molecule has 1 aromatic rings. The van der Waals surface area contributed by atoms with E-state index in [0.29, 0.717) is 13.1 Å². The molecule has 0 radical (unpaired) electrons. The maximum Gasteiger partial charge on any atom is 0.285 e. The SMILES string of the molecule is Cc1cc(F)cc(C(=O)N2CCC3(CCNC3)CC2)c1[N+](=O)[O-].Cl. The summed E-state index contributed by atoms with van der Waals surface area (Å²) in [6.07, 6.45) is 2.87. The van der Waals surface area contributed by atoms with Crippen LogP contribution in [0.15, 0.2) is 12.1 Å². The Hall–Kier alpha value is -1.73. The van der Waals surface area contributed by atoms with Crippen LogP contribution in [0, 0.1) is 28.3 Å². The van der Waals surface area contributed by atoms with E-state index in [1.807, 2.05) is 0 Å². The van der Waals surface area contributed by atoms with Crippen LogP contribution >= 0.6 is 12.4 Å². The minimum atomic E-state index is -0.620. The van der Waals surface area contributed by atoms with Crippen LogP contribution in [0.2, 0.25) is 0 Å². The number of hydrogen-bond donors (Lipinski definition) is 1. The van der Waals surface area contributed by atoms with Gasteiger partial charge in [-0.3, -0.25) is 14.9 Å². The molecule has 132 valence electrons. The lowest BCUT2D eigenvalue weighted by Crippen LogP contribution is -2.44. The number of aryl methyl sites for hydroxylation is 1. The van der Waals surface area contributed by atoms with E-state index in [0.717, 1.165) is 44.5 Å². The normalized spacial score (nSPS) is 19.2. The number of nitro benzene ring substituents is 1. The third-order valence-electron chi connectivity index (χ3n) is 5.12. The molecule has 0 aromatic heterocycles. The van der Waals surface area contributed by atoms with E-state index in [1.54, 1.807) is 4.90 Å². The molecule has 2 aliphatic rings. The fourth-order valence-electron chi connectivity index (χ4n) is 3.72. The van der Waals surface area contributed by atoms with Crippen LogP contribution in [0.3, 0.4) is 0 Å². The zero-order valence-electron chi connectivity index (χ0n) is 13.5. The van der Waals surface area contributed by atoms with Crippen molar-refractivity contribution in [2.75, 3.05) is 26.2 Å². The van der Waals surface area contributed by atoms with Crippen LogP contribution in [0.1, 0.15) is 35.2 Å². The molecule has 0 atom stereocenters. The van der Waals surface area contributed by atoms with Crippen LogP contribution in [0.4, 0.5) is 10.1 Å². The van der Waals surface area contributed by atoms with Crippen molar-refractivity contribution >= 4 is 24.0 Å². The second-order valence-electron chi connectivity index (χ2n) is 6.59. The van der Waals surface area contributed by atoms with Gasteiger partial charge in [0.2, 0.25) is 0 Å². The van der Waals surface area contributed by atoms with Gasteiger partial charge in [0.1, 0.15) is 11.4 Å². The second-order valence-corrected chi connectivity index (χ2v) is 6.59. The highest BCUT2D eigenvalue weighted by Crippen LogP contribution is 2.37. The van der Waals surface area contributed by atoms with Crippen molar-refractivity contribution in [3.05, 3.63) is 39.2 Å². The van der Waals surface area contributed by atoms with Gasteiger partial charge in [-0.25, -0.2) is 4.39 Å². The summed E-state index contributed by atoms with van der Waals surface area (Å²) in [7, 11) is 0. The number of benzene rings is 1. The molecule has 2 saturated heterocycles. The molecule has 1 aromatic carbocycles. The van der Waals surface area contributed by atoms with Gasteiger partial charge in [0, 0.05) is 25.2 Å². The van der Waals surface area contributed by atoms with Gasteiger partial charge in [-0.1, -0.05) is 0 Å². The average Bonchev–Trinajstić information content (AvgIpc) is 2.94. The number of carbonyl (C=O) groups is 1. The highest BCUT2D eigenvalue weighted by atomic mass is 35.5. The molecule has 2 aliphatic heterocycles. The lowest BCUT2D eigenvalue weighted by molar-refractivity contribution is -0.385. The number of amides is 1. The number of piperidine rings is 1. The number of carbonyl (C=O) groups excluding carboxylic acids is 1. The number of nitrogens with one attached hydrogen (secondary N) is 1. The van der Waals surface area contributed by atoms with Crippen LogP contribution in [0.25, 0.3) is 0 Å². The zero-order valence-corrected chi connectivity index (χ0v) is 14.3. The van der Waals surface area contributed by atoms with E-state index < -0.39 is 16.6 Å². The molecule has 0 aliphatic carbocycles. The smallest absolute Gasteiger partial charge is 0.285 e. The highest BCUT2D eigenvalue weighted by Gasteiger charge is 2.39. The summed E-state index contributed by atoms with van der Waals surface area (Å²) in [5.41, 5.74) is -0.0142. The summed E-state index contributed by atoms with van der Waals surface area (Å²) in [4.78, 5) is 24.9. The first-order chi connectivity index (χ1) is 10.9. The van der Waals surface area contributed by atoms with Gasteiger partial charge in [-0.2, -0.15) is 0 Å². The van der Waals surface area contributed by atoms with Gasteiger partial charge in [0.25, 0.3) is 11.6 Å². The molecular formula is C16H21ClFN3O3. The summed E-state index contributed by atoms with van der Waals surface area (Å²) < 4.78 is 13.6. The summed E-state index contributed by atoms with van der Waals surface area (Å²) in [6.45, 7) is 4.55. The van der Waals surface area contributed by atoms with E-state index in [1.165, 1.54) is 6.92 Å². The second kappa shape index (κ2) is 7.03. The molecule has 8 heteroatoms. The van der Waals surface area contributed by atoms with Crippen molar-refractivity contribution in [3.8, 4) is 0 Å². The van der Waals surface area contributed by atoms with Gasteiger partial charge in [0.05, 0.1) is 4.92 Å². The highest BCUT2D eigenvalue weighted by molar-refractivity contribution is 5.98. The van der Waals surface area contributed by atoms with E-state index in [9.17, 15) is 19.3 Å². The molecular weight excluding hydrogens is 337 g/mol. The lowest BCUT2D eigenvalue weighted by Gasteiger charge is -2.38. The molecule has 1 spiro atoms. The van der Waals surface area contributed by atoms with Crippen molar-refractivity contribution in [1.29, 1.82) is 0 Å². The van der Waals surface area contributed by atoms with Crippen molar-refractivity contribution in [2.24, 2.45) is 5.41 Å². The fourth-order valence-corrected chi connectivity index (χ4v) is 3.72. The van der Waals surface area contributed by atoms with Gasteiger partial charge < -0.3 is 10.2 Å². The quantitative estimate of drug-likeness (QED) is 0.652. The Bertz CT molecular complexity index is 652. The summed E-state index contributed by atoms with van der Waals surface area (Å²) in [5, 5.41) is 14.6. The Morgan fingerprint density at radius 1 is 1.33 bits per heavy atom. The number of hydrogen-bond acceptors (Lipinski definition) is 4. The molecule has 1 amide bonds. The Labute approximate surface area is 146 Å². The van der Waals surface area contributed by atoms with E-state index in [4.69, 9.17) is 0 Å². The average molecular weight is 358 g/mol. The van der Waals surface area contributed by atoms with Gasteiger partial charge in [-0.05, 0) is 50.3 Å². The van der Waals surface area contributed by atoms with Crippen molar-refractivity contribution in [3.63, 3.8) is 0 Å². The van der Waals surface area contributed by atoms with Crippen molar-refractivity contribution in [2.45, 2.75) is 26.2 Å². The monoisotopic (exact) mass is 357 g/mol. The third-order valence-corrected chi connectivity index (χ3v) is 5.12. The number of halogens is 2. The Balaban J connectivity index is 0.00000208. The lowest BCUT2D eigenvalue weighted by atomic mass is 9.77. The number of likely N-dealkylation sites (tertiary alicyclic amines) is 1. The number of nitro groups is 1. The standard InChI is InChI=1S/C16H20FN3O3.ClH/c1-11-8-12(17)9-13(14(11)20(22)23)15(21)19-6-3-16(4-7-19)2-5-18-10-16;/h8-9,18H,2-7,10H2,1H3;1H. The molecule has 0 unspecified atom stereocenters. The molecule has 0 bridgehead atoms. The maximum absolute atomic E-state index is 13.6. The Morgan fingerprint density at radius 3 is 2.54 bits per heavy atom. The summed E-state index contributed by atoms with van der Waals surface area (Å²) in [6, 6.07) is 2.07. The first-order valence-corrected chi connectivity index (χ1v) is 7.86. The van der Waals surface area contributed by atoms with Gasteiger partial charge in [0.15, 0.2) is 0 Å². The Kier molecular flexibility index (Phi) is 5.45. The first-order valence-electron chi connectivity index (χ1n) is 7.86. The van der Waals surface area contributed by atoms with E-state index >= 15 is 0 Å². The molecule has 6 nitrogen and oxygen atoms in total. The van der Waals surface area contributed by atoms with Crippen LogP contribution in [-0.2, 0) is 0 Å². The van der Waals surface area contributed by atoms with E-state index in [-0.39, 0.29) is 34.6 Å². The molecule has 24 heavy (non-hydrogen) atoms. The van der Waals surface area contributed by atoms with Crippen molar-refractivity contribution < 1.29 is 14.1 Å². The van der Waals surface area contributed by atoms with Crippen molar-refractivity contribution in [1.82, 2.24) is 10.2 Å². The van der Waals surface area contributed by atoms with Crippen LogP contribution < -0.4 is 5.32 Å². The predicted molar refractivity (Wildman–Crippen MR) is 90.1 cm³/mol. The number of nitrogens with zero attached hydrogens (tertiary/aromatic N) is 2. The number of rotatable bonds is 2. The third kappa shape index (κ3) is 3.37. The Morgan fingerprint density at radius 2 is 2.00 bits per heavy atom. The summed E-state index contributed by atoms with van der Waals surface area (Å²) in [5.74, 6) is -1.06. The molecule has 1 N–H and O–H groups in total. The maximum atomic E-state index is 13.6. The molecule has 2 fully saturated rings. The first kappa shape index (κ1) is 18.6. The fraction of sp³-hybridized carbons (Fsp3) is 0.562. The van der Waals surface area contributed by atoms with E-state index in [2.05, 4.69) is 5.32 Å². The topological polar surface area (TPSA) is 75.5 Å². The van der Waals surface area contributed by atoms with Gasteiger partial charge >= 0.3 is 0 Å². The van der Waals surface area contributed by atoms with Gasteiger partial charge in [-0.15, -0.1) is 12.4 Å². The largest absolute Gasteiger partial charge is 0.338 e. The van der Waals surface area contributed by atoms with Crippen LogP contribution in [-0.4, -0.2) is 41.9 Å². The van der Waals surface area contributed by atoms with Crippen LogP contribution in [0.5, 0.6) is 0 Å². The summed E-state index contributed by atoms with van der Waals surface area (Å²) >= 11 is 0. The molecule has 0 saturated carbocycles. The minimum absolute atomic E-state index is 0. The predicted octanol–water partition coefficient (Wildman–Crippen LogP) is 2.68. The molecule has 3 rings (SSSR count). The zero-order chi connectivity index (χ0) is 16.6. The molecule has 2 heterocycles.